The minimum absolute atomic E-state index is 0.0550. The standard InChI is InChI=1S/C30H33N5O3S/c1-20-7-14-24(15-8-20)35-28(22-10-12-23(13-11-22)30(2,3)4)33-34-29(35)39-19-27(36)32-31-18-21-9-16-25(37-5)26(17-21)38-6/h7-18H,19H2,1-6H3,(H,32,36)/b31-18-. The molecule has 1 heterocycles. The van der Waals surface area contributed by atoms with Crippen LogP contribution in [0.1, 0.15) is 37.5 Å². The van der Waals surface area contributed by atoms with E-state index in [0.29, 0.717) is 22.5 Å². The number of aromatic nitrogens is 3. The molecule has 0 bridgehead atoms. The number of nitrogens with one attached hydrogen (secondary N) is 1. The molecule has 0 saturated carbocycles. The van der Waals surface area contributed by atoms with Gasteiger partial charge in [0.25, 0.3) is 5.91 Å². The highest BCUT2D eigenvalue weighted by molar-refractivity contribution is 7.99. The van der Waals surface area contributed by atoms with Crippen molar-refractivity contribution in [3.63, 3.8) is 0 Å². The predicted molar refractivity (Wildman–Crippen MR) is 156 cm³/mol. The molecule has 0 aliphatic rings. The fourth-order valence-electron chi connectivity index (χ4n) is 3.87. The van der Waals surface area contributed by atoms with Gasteiger partial charge in [0.15, 0.2) is 22.5 Å². The molecule has 0 saturated heterocycles. The number of amides is 1. The lowest BCUT2D eigenvalue weighted by molar-refractivity contribution is -0.118. The van der Waals surface area contributed by atoms with Crippen LogP contribution in [0.5, 0.6) is 11.5 Å². The second-order valence-corrected chi connectivity index (χ2v) is 10.9. The number of hydrogen-bond donors (Lipinski definition) is 1. The zero-order valence-corrected chi connectivity index (χ0v) is 23.9. The normalized spacial score (nSPS) is 11.5. The molecule has 1 N–H and O–H groups in total. The predicted octanol–water partition coefficient (Wildman–Crippen LogP) is 5.80. The fourth-order valence-corrected chi connectivity index (χ4v) is 4.61. The molecule has 0 fully saturated rings. The lowest BCUT2D eigenvalue weighted by atomic mass is 9.87. The van der Waals surface area contributed by atoms with Crippen molar-refractivity contribution in [2.45, 2.75) is 38.3 Å². The van der Waals surface area contributed by atoms with Crippen molar-refractivity contribution in [3.05, 3.63) is 83.4 Å². The van der Waals surface area contributed by atoms with Crippen molar-refractivity contribution < 1.29 is 14.3 Å². The highest BCUT2D eigenvalue weighted by Crippen LogP contribution is 2.30. The maximum atomic E-state index is 12.6. The first-order chi connectivity index (χ1) is 18.7. The maximum absolute atomic E-state index is 12.6. The minimum Gasteiger partial charge on any atom is -0.493 e. The topological polar surface area (TPSA) is 90.6 Å². The van der Waals surface area contributed by atoms with Crippen molar-refractivity contribution in [2.75, 3.05) is 20.0 Å². The van der Waals surface area contributed by atoms with E-state index in [9.17, 15) is 4.79 Å². The van der Waals surface area contributed by atoms with E-state index >= 15 is 0 Å². The van der Waals surface area contributed by atoms with Gasteiger partial charge in [-0.25, -0.2) is 5.43 Å². The Bertz CT molecular complexity index is 1460. The van der Waals surface area contributed by atoms with E-state index < -0.39 is 0 Å². The first kappa shape index (κ1) is 27.9. The monoisotopic (exact) mass is 543 g/mol. The fraction of sp³-hybridized carbons (Fsp3) is 0.267. The Morgan fingerprint density at radius 3 is 2.31 bits per heavy atom. The number of methoxy groups -OCH3 is 2. The first-order valence-electron chi connectivity index (χ1n) is 12.5. The van der Waals surface area contributed by atoms with E-state index in [1.165, 1.54) is 17.3 Å². The average Bonchev–Trinajstić information content (AvgIpc) is 3.35. The zero-order chi connectivity index (χ0) is 28.0. The van der Waals surface area contributed by atoms with Gasteiger partial charge in [-0.3, -0.25) is 9.36 Å². The van der Waals surface area contributed by atoms with Gasteiger partial charge in [0.1, 0.15) is 0 Å². The Morgan fingerprint density at radius 1 is 0.974 bits per heavy atom. The molecule has 202 valence electrons. The lowest BCUT2D eigenvalue weighted by Crippen LogP contribution is -2.20. The summed E-state index contributed by atoms with van der Waals surface area (Å²) >= 11 is 1.30. The quantitative estimate of drug-likeness (QED) is 0.163. The van der Waals surface area contributed by atoms with Gasteiger partial charge in [0.2, 0.25) is 0 Å². The van der Waals surface area contributed by atoms with E-state index in [4.69, 9.17) is 9.47 Å². The van der Waals surface area contributed by atoms with E-state index in [0.717, 1.165) is 22.4 Å². The molecule has 0 unspecified atom stereocenters. The van der Waals surface area contributed by atoms with Gasteiger partial charge in [0.05, 0.1) is 26.2 Å². The van der Waals surface area contributed by atoms with Crippen molar-refractivity contribution in [2.24, 2.45) is 5.10 Å². The average molecular weight is 544 g/mol. The van der Waals surface area contributed by atoms with Crippen LogP contribution < -0.4 is 14.9 Å². The third-order valence-electron chi connectivity index (χ3n) is 6.08. The summed E-state index contributed by atoms with van der Waals surface area (Å²) in [5, 5.41) is 13.6. The minimum atomic E-state index is -0.258. The smallest absolute Gasteiger partial charge is 0.250 e. The summed E-state index contributed by atoms with van der Waals surface area (Å²) in [6.07, 6.45) is 1.55. The number of carbonyl (C=O) groups excluding carboxylic acids is 1. The van der Waals surface area contributed by atoms with Crippen LogP contribution in [0.15, 0.2) is 77.0 Å². The van der Waals surface area contributed by atoms with Crippen LogP contribution in [0.3, 0.4) is 0 Å². The van der Waals surface area contributed by atoms with E-state index in [-0.39, 0.29) is 17.1 Å². The molecule has 39 heavy (non-hydrogen) atoms. The van der Waals surface area contributed by atoms with Crippen LogP contribution in [0, 0.1) is 6.92 Å². The summed E-state index contributed by atoms with van der Waals surface area (Å²) in [5.74, 6) is 1.79. The summed E-state index contributed by atoms with van der Waals surface area (Å²) in [6.45, 7) is 8.61. The third-order valence-corrected chi connectivity index (χ3v) is 7.01. The van der Waals surface area contributed by atoms with Gasteiger partial charge >= 0.3 is 0 Å². The molecule has 0 spiro atoms. The number of thioether (sulfide) groups is 1. The number of hydrazone groups is 1. The molecule has 0 atom stereocenters. The Labute approximate surface area is 233 Å². The molecule has 8 nitrogen and oxygen atoms in total. The third kappa shape index (κ3) is 6.86. The Kier molecular flexibility index (Phi) is 8.71. The molecule has 4 rings (SSSR count). The van der Waals surface area contributed by atoms with Crippen molar-refractivity contribution >= 4 is 23.9 Å². The van der Waals surface area contributed by atoms with Gasteiger partial charge in [0, 0.05) is 11.3 Å². The Hall–Kier alpha value is -4.11. The van der Waals surface area contributed by atoms with Gasteiger partial charge in [-0.2, -0.15) is 5.10 Å². The number of aryl methyl sites for hydroxylation is 1. The van der Waals surface area contributed by atoms with Gasteiger partial charge in [-0.15, -0.1) is 10.2 Å². The highest BCUT2D eigenvalue weighted by atomic mass is 32.2. The largest absolute Gasteiger partial charge is 0.493 e. The Balaban J connectivity index is 1.51. The summed E-state index contributed by atoms with van der Waals surface area (Å²) in [7, 11) is 3.15. The summed E-state index contributed by atoms with van der Waals surface area (Å²) < 4.78 is 12.5. The van der Waals surface area contributed by atoms with E-state index in [2.05, 4.69) is 65.8 Å². The maximum Gasteiger partial charge on any atom is 0.250 e. The van der Waals surface area contributed by atoms with Gasteiger partial charge in [-0.1, -0.05) is 74.5 Å². The summed E-state index contributed by atoms with van der Waals surface area (Å²) in [4.78, 5) is 12.6. The summed E-state index contributed by atoms with van der Waals surface area (Å²) in [5.41, 5.74) is 7.67. The van der Waals surface area contributed by atoms with Crippen LogP contribution in [-0.2, 0) is 10.2 Å². The molecular formula is C30H33N5O3S. The number of nitrogens with zero attached hydrogens (tertiary/aromatic N) is 4. The van der Waals surface area contributed by atoms with Crippen molar-refractivity contribution in [3.8, 4) is 28.6 Å². The van der Waals surface area contributed by atoms with E-state index in [1.807, 2.05) is 41.8 Å². The highest BCUT2D eigenvalue weighted by Gasteiger charge is 2.19. The Morgan fingerprint density at radius 2 is 1.67 bits per heavy atom. The second-order valence-electron chi connectivity index (χ2n) is 10.0. The molecule has 0 aliphatic carbocycles. The van der Waals surface area contributed by atoms with Crippen LogP contribution in [0.4, 0.5) is 0 Å². The molecule has 0 aliphatic heterocycles. The molecule has 4 aromatic rings. The molecule has 3 aromatic carbocycles. The van der Waals surface area contributed by atoms with Crippen LogP contribution in [0.25, 0.3) is 17.1 Å². The molecule has 1 amide bonds. The van der Waals surface area contributed by atoms with Crippen LogP contribution in [0.2, 0.25) is 0 Å². The molecule has 1 aromatic heterocycles. The number of rotatable bonds is 9. The molecule has 9 heteroatoms. The molecule has 0 radical (unpaired) electrons. The van der Waals surface area contributed by atoms with Gasteiger partial charge in [-0.05, 0) is 53.8 Å². The lowest BCUT2D eigenvalue weighted by Gasteiger charge is -2.19. The first-order valence-corrected chi connectivity index (χ1v) is 13.5. The number of hydrogen-bond acceptors (Lipinski definition) is 7. The number of carbonyl (C=O) groups is 1. The second kappa shape index (κ2) is 12.2. The SMILES string of the molecule is COc1ccc(/C=N\NC(=O)CSc2nnc(-c3ccc(C(C)(C)C)cc3)n2-c2ccc(C)cc2)cc1OC. The molecular weight excluding hydrogens is 510 g/mol. The summed E-state index contributed by atoms with van der Waals surface area (Å²) in [6, 6.07) is 21.9. The van der Waals surface area contributed by atoms with Crippen molar-refractivity contribution in [1.82, 2.24) is 20.2 Å². The zero-order valence-electron chi connectivity index (χ0n) is 23.1. The van der Waals surface area contributed by atoms with Crippen LogP contribution >= 0.6 is 11.8 Å². The van der Waals surface area contributed by atoms with Crippen molar-refractivity contribution in [1.29, 1.82) is 0 Å². The number of ether oxygens (including phenoxy) is 2. The van der Waals surface area contributed by atoms with Gasteiger partial charge < -0.3 is 9.47 Å². The van der Waals surface area contributed by atoms with Crippen LogP contribution in [-0.4, -0.2) is 46.9 Å². The number of benzene rings is 3. The van der Waals surface area contributed by atoms with E-state index in [1.54, 1.807) is 32.6 Å².